The summed E-state index contributed by atoms with van der Waals surface area (Å²) in [4.78, 5) is 0. The average molecular weight is 169 g/mol. The van der Waals surface area contributed by atoms with E-state index in [1.165, 1.54) is 25.7 Å². The van der Waals surface area contributed by atoms with E-state index in [0.29, 0.717) is 12.2 Å². The summed E-state index contributed by atoms with van der Waals surface area (Å²) in [5.74, 6) is 0. The Morgan fingerprint density at radius 1 is 1.25 bits per heavy atom. The molecule has 1 nitrogen and oxygen atoms in total. The molecule has 1 radical (unpaired) electrons. The van der Waals surface area contributed by atoms with Crippen molar-refractivity contribution in [1.29, 1.82) is 0 Å². The van der Waals surface area contributed by atoms with Gasteiger partial charge in [-0.2, -0.15) is 0 Å². The molecule has 0 aromatic carbocycles. The Hall–Kier alpha value is -0.0400. The Morgan fingerprint density at radius 3 is 2.33 bits per heavy atom. The van der Waals surface area contributed by atoms with E-state index in [9.17, 15) is 0 Å². The van der Waals surface area contributed by atoms with Gasteiger partial charge in [0.25, 0.3) is 0 Å². The van der Waals surface area contributed by atoms with Gasteiger partial charge < -0.3 is 4.74 Å². The monoisotopic (exact) mass is 169 g/mol. The van der Waals surface area contributed by atoms with Crippen molar-refractivity contribution in [3.8, 4) is 0 Å². The normalized spacial score (nSPS) is 20.2. The molecule has 0 spiro atoms. The maximum Gasteiger partial charge on any atom is 0.0579 e. The van der Waals surface area contributed by atoms with Gasteiger partial charge in [0.2, 0.25) is 0 Å². The predicted octanol–water partition coefficient (Wildman–Crippen LogP) is 3.34. The van der Waals surface area contributed by atoms with Gasteiger partial charge >= 0.3 is 0 Å². The maximum atomic E-state index is 5.97. The quantitative estimate of drug-likeness (QED) is 0.627. The van der Waals surface area contributed by atoms with Gasteiger partial charge in [0.1, 0.15) is 0 Å². The van der Waals surface area contributed by atoms with Crippen LogP contribution in [0.15, 0.2) is 0 Å². The molecule has 0 aromatic heterocycles. The van der Waals surface area contributed by atoms with Crippen molar-refractivity contribution < 1.29 is 4.74 Å². The fourth-order valence-corrected chi connectivity index (χ4v) is 1.79. The molecule has 0 amide bonds. The van der Waals surface area contributed by atoms with Gasteiger partial charge in [-0.25, -0.2) is 0 Å². The molecule has 0 saturated heterocycles. The minimum atomic E-state index is 0.507. The van der Waals surface area contributed by atoms with Gasteiger partial charge in [-0.15, -0.1) is 0 Å². The van der Waals surface area contributed by atoms with E-state index in [0.717, 1.165) is 12.8 Å². The molecule has 1 aliphatic rings. The highest BCUT2D eigenvalue weighted by atomic mass is 16.5. The third-order valence-electron chi connectivity index (χ3n) is 2.68. The van der Waals surface area contributed by atoms with Gasteiger partial charge in [0.05, 0.1) is 12.2 Å². The van der Waals surface area contributed by atoms with E-state index in [-0.39, 0.29) is 0 Å². The summed E-state index contributed by atoms with van der Waals surface area (Å²) < 4.78 is 5.97. The minimum Gasteiger partial charge on any atom is -0.375 e. The van der Waals surface area contributed by atoms with Gasteiger partial charge in [-0.3, -0.25) is 0 Å². The lowest BCUT2D eigenvalue weighted by Crippen LogP contribution is -2.23. The molecule has 1 saturated carbocycles. The third kappa shape index (κ3) is 3.14. The number of rotatable bonds is 4. The molecule has 0 aliphatic heterocycles. The van der Waals surface area contributed by atoms with Crippen LogP contribution in [0.5, 0.6) is 0 Å². The lowest BCUT2D eigenvalue weighted by molar-refractivity contribution is -0.0282. The Kier molecular flexibility index (Phi) is 4.67. The highest BCUT2D eigenvalue weighted by molar-refractivity contribution is 4.77. The zero-order valence-electron chi connectivity index (χ0n) is 8.38. The van der Waals surface area contributed by atoms with Crippen LogP contribution in [0.4, 0.5) is 0 Å². The van der Waals surface area contributed by atoms with Gasteiger partial charge in [0, 0.05) is 0 Å². The lowest BCUT2D eigenvalue weighted by atomic mass is 9.97. The zero-order chi connectivity index (χ0) is 8.81. The van der Waals surface area contributed by atoms with Crippen LogP contribution in [0, 0.1) is 6.42 Å². The summed E-state index contributed by atoms with van der Waals surface area (Å²) in [7, 11) is 0. The predicted molar refractivity (Wildman–Crippen MR) is 52.0 cm³/mol. The van der Waals surface area contributed by atoms with Crippen LogP contribution in [0.25, 0.3) is 0 Å². The van der Waals surface area contributed by atoms with Gasteiger partial charge in [0.15, 0.2) is 0 Å². The molecule has 0 heterocycles. The second-order valence-corrected chi connectivity index (χ2v) is 3.64. The van der Waals surface area contributed by atoms with E-state index < -0.39 is 0 Å². The maximum absolute atomic E-state index is 5.97. The number of hydrogen-bond acceptors (Lipinski definition) is 1. The summed E-state index contributed by atoms with van der Waals surface area (Å²) in [5, 5.41) is 0. The van der Waals surface area contributed by atoms with E-state index in [1.54, 1.807) is 0 Å². The fraction of sp³-hybridized carbons (Fsp3) is 0.909. The molecule has 71 valence electrons. The zero-order valence-corrected chi connectivity index (χ0v) is 8.38. The molecule has 1 aliphatic carbocycles. The second-order valence-electron chi connectivity index (χ2n) is 3.64. The first-order valence-electron chi connectivity index (χ1n) is 5.34. The van der Waals surface area contributed by atoms with Crippen LogP contribution in [0.1, 0.15) is 52.4 Å². The molecule has 1 rings (SSSR count). The first-order chi connectivity index (χ1) is 5.86. The molecule has 0 atom stereocenters. The fourth-order valence-electron chi connectivity index (χ4n) is 1.79. The molecule has 0 bridgehead atoms. The van der Waals surface area contributed by atoms with E-state index >= 15 is 0 Å². The summed E-state index contributed by atoms with van der Waals surface area (Å²) in [6, 6.07) is 0. The second kappa shape index (κ2) is 5.58. The Labute approximate surface area is 76.5 Å². The molecule has 0 aromatic rings. The number of ether oxygens (including phenoxy) is 1. The highest BCUT2D eigenvalue weighted by Crippen LogP contribution is 2.22. The molecule has 1 fully saturated rings. The van der Waals surface area contributed by atoms with Crippen molar-refractivity contribution in [1.82, 2.24) is 0 Å². The third-order valence-corrected chi connectivity index (χ3v) is 2.68. The van der Waals surface area contributed by atoms with Crippen LogP contribution < -0.4 is 0 Å². The van der Waals surface area contributed by atoms with E-state index in [2.05, 4.69) is 20.3 Å². The van der Waals surface area contributed by atoms with Crippen molar-refractivity contribution in [2.24, 2.45) is 0 Å². The Balaban J connectivity index is 2.18. The van der Waals surface area contributed by atoms with Crippen molar-refractivity contribution in [3.05, 3.63) is 6.42 Å². The number of hydrogen-bond donors (Lipinski definition) is 0. The van der Waals surface area contributed by atoms with Crippen molar-refractivity contribution in [2.45, 2.75) is 64.6 Å². The van der Waals surface area contributed by atoms with Crippen LogP contribution in [-0.4, -0.2) is 12.2 Å². The van der Waals surface area contributed by atoms with Crippen LogP contribution >= 0.6 is 0 Å². The smallest absolute Gasteiger partial charge is 0.0579 e. The van der Waals surface area contributed by atoms with Crippen LogP contribution in [-0.2, 0) is 4.74 Å². The molecule has 0 N–H and O–H groups in total. The molecular formula is C11H21O. The first kappa shape index (κ1) is 10.0. The summed E-state index contributed by atoms with van der Waals surface area (Å²) >= 11 is 0. The molecule has 0 unspecified atom stereocenters. The Morgan fingerprint density at radius 2 is 1.83 bits per heavy atom. The van der Waals surface area contributed by atoms with Gasteiger partial charge in [-0.05, 0) is 44.9 Å². The highest BCUT2D eigenvalue weighted by Gasteiger charge is 2.16. The molecule has 1 heteroatoms. The molecular weight excluding hydrogens is 148 g/mol. The first-order valence-corrected chi connectivity index (χ1v) is 5.34. The van der Waals surface area contributed by atoms with E-state index in [4.69, 9.17) is 4.74 Å². The van der Waals surface area contributed by atoms with Crippen molar-refractivity contribution >= 4 is 0 Å². The van der Waals surface area contributed by atoms with Gasteiger partial charge in [-0.1, -0.05) is 13.8 Å². The average Bonchev–Trinajstić information content (AvgIpc) is 2.16. The van der Waals surface area contributed by atoms with Crippen LogP contribution in [0.2, 0.25) is 0 Å². The van der Waals surface area contributed by atoms with Crippen molar-refractivity contribution in [2.75, 3.05) is 0 Å². The Bertz CT molecular complexity index is 102. The summed E-state index contributed by atoms with van der Waals surface area (Å²) in [6.45, 7) is 4.42. The SMILES string of the molecule is CCC(CC)OC1CC[CH]CC1. The minimum absolute atomic E-state index is 0.507. The van der Waals surface area contributed by atoms with Crippen LogP contribution in [0.3, 0.4) is 0 Å². The standard InChI is InChI=1S/C11H21O/c1-3-10(4-2)12-11-8-6-5-7-9-11/h5,10-11H,3-4,6-9H2,1-2H3. The van der Waals surface area contributed by atoms with Crippen molar-refractivity contribution in [3.63, 3.8) is 0 Å². The van der Waals surface area contributed by atoms with E-state index in [1.807, 2.05) is 0 Å². The summed E-state index contributed by atoms with van der Waals surface area (Å²) in [5.41, 5.74) is 0. The summed E-state index contributed by atoms with van der Waals surface area (Å²) in [6.07, 6.45) is 10.8. The lowest BCUT2D eigenvalue weighted by Gasteiger charge is -2.26. The largest absolute Gasteiger partial charge is 0.375 e. The topological polar surface area (TPSA) is 9.23 Å². The molecule has 12 heavy (non-hydrogen) atoms.